The van der Waals surface area contributed by atoms with E-state index in [0.29, 0.717) is 31.4 Å². The third-order valence-corrected chi connectivity index (χ3v) is 11.6. The molecule has 1 amide bonds. The van der Waals surface area contributed by atoms with Gasteiger partial charge in [0.25, 0.3) is 16.1 Å². The minimum Gasteiger partial charge on any atom is -0.451 e. The Labute approximate surface area is 282 Å². The predicted octanol–water partition coefficient (Wildman–Crippen LogP) is 2.89. The number of hydrogen-bond acceptors (Lipinski definition) is 10. The highest BCUT2D eigenvalue weighted by molar-refractivity contribution is 7.87. The van der Waals surface area contributed by atoms with Gasteiger partial charge in [0.15, 0.2) is 11.6 Å². The number of amides is 1. The molecule has 0 bridgehead atoms. The maximum absolute atomic E-state index is 14.5. The van der Waals surface area contributed by atoms with E-state index in [1.54, 1.807) is 11.1 Å². The number of likely N-dealkylation sites (tertiary alicyclic amines) is 1. The molecule has 13 nitrogen and oxygen atoms in total. The number of aromatic nitrogens is 2. The van der Waals surface area contributed by atoms with Crippen LogP contribution >= 0.6 is 0 Å². The molecule has 4 saturated heterocycles. The van der Waals surface area contributed by atoms with E-state index >= 15 is 0 Å². The third kappa shape index (κ3) is 7.76. The molecule has 6 rings (SSSR count). The van der Waals surface area contributed by atoms with Crippen molar-refractivity contribution in [3.8, 4) is 11.5 Å². The van der Waals surface area contributed by atoms with Crippen LogP contribution in [-0.4, -0.2) is 129 Å². The first-order valence-electron chi connectivity index (χ1n) is 16.9. The summed E-state index contributed by atoms with van der Waals surface area (Å²) in [6.45, 7) is 9.78. The Balaban J connectivity index is 1.04. The maximum Gasteiger partial charge on any atom is 0.279 e. The molecule has 3 atom stereocenters. The molecule has 1 spiro atoms. The minimum absolute atomic E-state index is 0.0769. The van der Waals surface area contributed by atoms with Crippen LogP contribution in [-0.2, 0) is 19.7 Å². The van der Waals surface area contributed by atoms with Gasteiger partial charge in [-0.1, -0.05) is 0 Å². The highest BCUT2D eigenvalue weighted by Crippen LogP contribution is 2.45. The van der Waals surface area contributed by atoms with Gasteiger partial charge >= 0.3 is 0 Å². The lowest BCUT2D eigenvalue weighted by Crippen LogP contribution is -2.61. The van der Waals surface area contributed by atoms with E-state index in [1.807, 2.05) is 13.8 Å². The second kappa shape index (κ2) is 14.5. The zero-order valence-electron chi connectivity index (χ0n) is 28.3. The predicted molar refractivity (Wildman–Crippen MR) is 178 cm³/mol. The van der Waals surface area contributed by atoms with E-state index in [4.69, 9.17) is 14.2 Å². The van der Waals surface area contributed by atoms with E-state index in [2.05, 4.69) is 24.5 Å². The number of halogens is 1. The van der Waals surface area contributed by atoms with Gasteiger partial charge in [-0.2, -0.15) is 17.4 Å². The van der Waals surface area contributed by atoms with Crippen LogP contribution in [0.4, 0.5) is 10.2 Å². The number of ether oxygens (including phenoxy) is 3. The second-order valence-corrected chi connectivity index (χ2v) is 16.0. The van der Waals surface area contributed by atoms with Gasteiger partial charge in [-0.05, 0) is 77.2 Å². The number of benzene rings is 1. The van der Waals surface area contributed by atoms with Crippen LogP contribution in [0.1, 0.15) is 56.3 Å². The number of hydrogen-bond donors (Lipinski definition) is 1. The summed E-state index contributed by atoms with van der Waals surface area (Å²) in [5.74, 6) is 0.531. The highest BCUT2D eigenvalue weighted by atomic mass is 32.2. The first-order valence-corrected chi connectivity index (χ1v) is 18.3. The number of nitrogens with one attached hydrogen (secondary N) is 1. The van der Waals surface area contributed by atoms with Crippen molar-refractivity contribution in [3.05, 3.63) is 42.1 Å². The van der Waals surface area contributed by atoms with E-state index in [1.165, 1.54) is 42.9 Å². The Kier molecular flexibility index (Phi) is 10.5. The zero-order chi connectivity index (χ0) is 34.1. The van der Waals surface area contributed by atoms with Gasteiger partial charge in [0, 0.05) is 57.8 Å². The normalized spacial score (nSPS) is 24.6. The van der Waals surface area contributed by atoms with Crippen molar-refractivity contribution in [3.63, 3.8) is 0 Å². The van der Waals surface area contributed by atoms with Crippen LogP contribution in [0, 0.1) is 11.2 Å². The molecular weight excluding hydrogens is 641 g/mol. The van der Waals surface area contributed by atoms with E-state index < -0.39 is 16.0 Å². The van der Waals surface area contributed by atoms with Crippen molar-refractivity contribution >= 4 is 21.9 Å². The molecule has 15 heteroatoms. The third-order valence-electron chi connectivity index (χ3n) is 10.0. The summed E-state index contributed by atoms with van der Waals surface area (Å²) < 4.78 is 60.6. The molecule has 4 aliphatic heterocycles. The summed E-state index contributed by atoms with van der Waals surface area (Å²) in [5, 5.41) is 0. The summed E-state index contributed by atoms with van der Waals surface area (Å²) in [5.41, 5.74) is 0.338. The molecule has 1 aromatic heterocycles. The number of nitrogens with zero attached hydrogens (tertiary/aromatic N) is 6. The van der Waals surface area contributed by atoms with Gasteiger partial charge in [-0.15, -0.1) is 0 Å². The number of rotatable bonds is 11. The fraction of sp³-hybridized carbons (Fsp3) is 0.667. The van der Waals surface area contributed by atoms with Gasteiger partial charge in [-0.25, -0.2) is 14.4 Å². The SMILES string of the molecule is CC(C)N(C(=O)c1cc(F)ccc1Oc1cncnc1N1CC2(CCN(C[C@@H]3CC[C@@H](NS(=O)(=O)N(C)C)CO3)CC2)C1)C1CCOC1. The van der Waals surface area contributed by atoms with Crippen molar-refractivity contribution in [2.24, 2.45) is 5.41 Å². The highest BCUT2D eigenvalue weighted by Gasteiger charge is 2.46. The summed E-state index contributed by atoms with van der Waals surface area (Å²) in [6.07, 6.45) is 7.60. The average molecular weight is 690 g/mol. The molecule has 0 aliphatic carbocycles. The number of piperidine rings is 1. The summed E-state index contributed by atoms with van der Waals surface area (Å²) in [6, 6.07) is 3.65. The molecular formula is C33H48FN7O6S. The topological polar surface area (TPSA) is 130 Å². The molecule has 0 saturated carbocycles. The van der Waals surface area contributed by atoms with Gasteiger partial charge in [0.2, 0.25) is 0 Å². The summed E-state index contributed by atoms with van der Waals surface area (Å²) >= 11 is 0. The standard InChI is InChI=1S/C33H48FN7O6S/c1-23(2)41(26-9-14-45-19-26)32(42)28-15-24(34)5-8-29(28)47-30-16-35-22-36-31(30)40-20-33(21-40)10-12-39(13-11-33)17-27-7-6-25(18-46-27)37-48(43,44)38(3)4/h5,8,15-16,22-23,25-27,37H,6-7,9-14,17-21H2,1-4H3/t25-,26?,27+/m1/s1. The van der Waals surface area contributed by atoms with Crippen molar-refractivity contribution in [2.75, 3.05) is 71.5 Å². The monoisotopic (exact) mass is 689 g/mol. The second-order valence-electron chi connectivity index (χ2n) is 14.1. The van der Waals surface area contributed by atoms with Crippen LogP contribution in [0.25, 0.3) is 0 Å². The number of carbonyl (C=O) groups excluding carboxylic acids is 1. The Morgan fingerprint density at radius 1 is 1.15 bits per heavy atom. The molecule has 4 fully saturated rings. The van der Waals surface area contributed by atoms with E-state index in [9.17, 15) is 17.6 Å². The molecule has 1 aromatic carbocycles. The Morgan fingerprint density at radius 3 is 2.56 bits per heavy atom. The molecule has 2 aromatic rings. The van der Waals surface area contributed by atoms with Crippen molar-refractivity contribution < 1.29 is 31.8 Å². The molecule has 0 radical (unpaired) electrons. The molecule has 5 heterocycles. The lowest BCUT2D eigenvalue weighted by Gasteiger charge is -2.54. The summed E-state index contributed by atoms with van der Waals surface area (Å²) in [4.78, 5) is 29.0. The van der Waals surface area contributed by atoms with E-state index in [0.717, 1.165) is 64.8 Å². The molecule has 264 valence electrons. The fourth-order valence-corrected chi connectivity index (χ4v) is 8.10. The first kappa shape index (κ1) is 34.9. The lowest BCUT2D eigenvalue weighted by molar-refractivity contribution is -0.0300. The Morgan fingerprint density at radius 2 is 1.92 bits per heavy atom. The molecule has 4 aliphatic rings. The maximum atomic E-state index is 14.5. The molecule has 1 unspecified atom stereocenters. The average Bonchev–Trinajstić information content (AvgIpc) is 3.56. The van der Waals surface area contributed by atoms with Crippen LogP contribution in [0.2, 0.25) is 0 Å². The van der Waals surface area contributed by atoms with Crippen LogP contribution in [0.5, 0.6) is 11.5 Å². The van der Waals surface area contributed by atoms with Crippen LogP contribution in [0.15, 0.2) is 30.7 Å². The van der Waals surface area contributed by atoms with Gasteiger partial charge in [0.1, 0.15) is 17.9 Å². The van der Waals surface area contributed by atoms with Gasteiger partial charge in [0.05, 0.1) is 37.1 Å². The zero-order valence-corrected chi connectivity index (χ0v) is 29.1. The lowest BCUT2D eigenvalue weighted by atomic mass is 9.72. The molecule has 1 N–H and O–H groups in total. The van der Waals surface area contributed by atoms with Crippen molar-refractivity contribution in [2.45, 2.75) is 70.2 Å². The quantitative estimate of drug-likeness (QED) is 0.376. The smallest absolute Gasteiger partial charge is 0.279 e. The van der Waals surface area contributed by atoms with Gasteiger partial charge in [-0.3, -0.25) is 4.79 Å². The van der Waals surface area contributed by atoms with E-state index in [-0.39, 0.29) is 46.9 Å². The number of anilines is 1. The van der Waals surface area contributed by atoms with Gasteiger partial charge < -0.3 is 28.9 Å². The largest absolute Gasteiger partial charge is 0.451 e. The Bertz CT molecular complexity index is 1530. The summed E-state index contributed by atoms with van der Waals surface area (Å²) in [7, 11) is -0.441. The Hall–Kier alpha value is -2.95. The minimum atomic E-state index is -3.47. The number of carbonyl (C=O) groups is 1. The molecule has 48 heavy (non-hydrogen) atoms. The van der Waals surface area contributed by atoms with Crippen molar-refractivity contribution in [1.82, 2.24) is 28.8 Å². The van der Waals surface area contributed by atoms with Crippen LogP contribution < -0.4 is 14.4 Å². The fourth-order valence-electron chi connectivity index (χ4n) is 7.29. The van der Waals surface area contributed by atoms with Crippen LogP contribution in [0.3, 0.4) is 0 Å². The first-order chi connectivity index (χ1) is 22.9. The van der Waals surface area contributed by atoms with Crippen molar-refractivity contribution in [1.29, 1.82) is 0 Å².